The van der Waals surface area contributed by atoms with Crippen molar-refractivity contribution in [3.05, 3.63) is 39.6 Å². The first-order chi connectivity index (χ1) is 7.54. The Bertz CT molecular complexity index is 409. The average molecular weight is 259 g/mol. The van der Waals surface area contributed by atoms with Gasteiger partial charge in [-0.25, -0.2) is 0 Å². The number of rotatable bonds is 2. The predicted octanol–water partition coefficient (Wildman–Crippen LogP) is 3.67. The van der Waals surface area contributed by atoms with Crippen LogP contribution in [0.1, 0.15) is 20.3 Å². The van der Waals surface area contributed by atoms with Crippen molar-refractivity contribution in [2.45, 2.75) is 26.4 Å². The van der Waals surface area contributed by atoms with Crippen molar-refractivity contribution in [1.82, 2.24) is 0 Å². The first-order valence-electron chi connectivity index (χ1n) is 4.84. The van der Waals surface area contributed by atoms with E-state index in [1.807, 2.05) is 13.0 Å². The number of allylic oxidation sites excluding steroid dienone is 1. The summed E-state index contributed by atoms with van der Waals surface area (Å²) >= 11 is 11.4. The number of carbonyl (C=O) groups is 1. The van der Waals surface area contributed by atoms with Gasteiger partial charge in [-0.2, -0.15) is 0 Å². The van der Waals surface area contributed by atoms with Crippen LogP contribution in [0.3, 0.4) is 0 Å². The zero-order valence-corrected chi connectivity index (χ0v) is 10.6. The maximum absolute atomic E-state index is 10.9. The standard InChI is InChI=1S/C12H12Cl2O2/c1-3-4-5-9-6-10(12(13)14)7-11(9)16-8(2)15/h3,5-6,11H,7H2,1-2H3/t4?,11-/m0/s1. The highest BCUT2D eigenvalue weighted by molar-refractivity contribution is 6.56. The number of ether oxygens (including phenoxy) is 1. The molecule has 1 atom stereocenters. The van der Waals surface area contributed by atoms with E-state index in [1.54, 1.807) is 12.2 Å². The Labute approximate surface area is 105 Å². The Hall–Kier alpha value is -0.950. The van der Waals surface area contributed by atoms with E-state index in [0.717, 1.165) is 11.1 Å². The van der Waals surface area contributed by atoms with Gasteiger partial charge in [0.2, 0.25) is 0 Å². The van der Waals surface area contributed by atoms with Crippen LogP contribution >= 0.6 is 23.2 Å². The number of hydrogen-bond acceptors (Lipinski definition) is 2. The van der Waals surface area contributed by atoms with Gasteiger partial charge in [0.15, 0.2) is 0 Å². The van der Waals surface area contributed by atoms with Crippen molar-refractivity contribution < 1.29 is 9.53 Å². The molecule has 0 heterocycles. The second kappa shape index (κ2) is 5.95. The molecule has 0 spiro atoms. The number of esters is 1. The normalized spacial score (nSPS) is 18.6. The zero-order chi connectivity index (χ0) is 12.1. The van der Waals surface area contributed by atoms with Crippen LogP contribution in [0.25, 0.3) is 0 Å². The molecule has 1 aliphatic carbocycles. The van der Waals surface area contributed by atoms with Crippen LogP contribution < -0.4 is 0 Å². The molecule has 0 saturated heterocycles. The van der Waals surface area contributed by atoms with Crippen LogP contribution in [0.15, 0.2) is 39.6 Å². The maximum atomic E-state index is 10.9. The quantitative estimate of drug-likeness (QED) is 0.558. The highest BCUT2D eigenvalue weighted by atomic mass is 35.5. The molecule has 2 nitrogen and oxygen atoms in total. The van der Waals surface area contributed by atoms with E-state index in [2.05, 4.69) is 5.73 Å². The van der Waals surface area contributed by atoms with Crippen molar-refractivity contribution in [2.75, 3.05) is 0 Å². The molecule has 1 aliphatic rings. The van der Waals surface area contributed by atoms with Crippen LogP contribution in [0.5, 0.6) is 0 Å². The maximum Gasteiger partial charge on any atom is 0.303 e. The van der Waals surface area contributed by atoms with E-state index in [-0.39, 0.29) is 16.6 Å². The minimum absolute atomic E-state index is 0.209. The summed E-state index contributed by atoms with van der Waals surface area (Å²) in [6.45, 7) is 3.24. The summed E-state index contributed by atoms with van der Waals surface area (Å²) < 4.78 is 5.37. The monoisotopic (exact) mass is 258 g/mol. The molecule has 0 aliphatic heterocycles. The van der Waals surface area contributed by atoms with Gasteiger partial charge in [0.05, 0.1) is 0 Å². The van der Waals surface area contributed by atoms with Gasteiger partial charge >= 0.3 is 5.97 Å². The molecule has 0 aromatic rings. The minimum Gasteiger partial charge on any atom is -0.457 e. The van der Waals surface area contributed by atoms with Gasteiger partial charge in [0, 0.05) is 18.9 Å². The lowest BCUT2D eigenvalue weighted by Gasteiger charge is -2.11. The fourth-order valence-corrected chi connectivity index (χ4v) is 1.69. The molecular weight excluding hydrogens is 247 g/mol. The van der Waals surface area contributed by atoms with E-state index in [9.17, 15) is 4.79 Å². The molecule has 0 amide bonds. The third-order valence-corrected chi connectivity index (χ3v) is 2.57. The molecule has 0 saturated carbocycles. The van der Waals surface area contributed by atoms with Gasteiger partial charge in [0.1, 0.15) is 10.6 Å². The SMILES string of the molecule is CC=C=CC1=CC(=C(Cl)Cl)C[C@@H]1OC(C)=O. The highest BCUT2D eigenvalue weighted by Gasteiger charge is 2.24. The molecular formula is C12H12Cl2O2. The lowest BCUT2D eigenvalue weighted by molar-refractivity contribution is -0.144. The van der Waals surface area contributed by atoms with Crippen LogP contribution in [-0.4, -0.2) is 12.1 Å². The summed E-state index contributed by atoms with van der Waals surface area (Å²) in [6.07, 6.45) is 5.55. The topological polar surface area (TPSA) is 26.3 Å². The lowest BCUT2D eigenvalue weighted by Crippen LogP contribution is -2.14. The first-order valence-corrected chi connectivity index (χ1v) is 5.60. The molecule has 16 heavy (non-hydrogen) atoms. The third-order valence-electron chi connectivity index (χ3n) is 2.09. The van der Waals surface area contributed by atoms with Crippen LogP contribution in [-0.2, 0) is 9.53 Å². The van der Waals surface area contributed by atoms with Gasteiger partial charge in [-0.05, 0) is 30.7 Å². The van der Waals surface area contributed by atoms with Crippen molar-refractivity contribution in [2.24, 2.45) is 0 Å². The summed E-state index contributed by atoms with van der Waals surface area (Å²) in [6, 6.07) is 0. The van der Waals surface area contributed by atoms with Crippen molar-refractivity contribution in [3.8, 4) is 0 Å². The Kier molecular flexibility index (Phi) is 4.88. The zero-order valence-electron chi connectivity index (χ0n) is 9.09. The van der Waals surface area contributed by atoms with E-state index < -0.39 is 0 Å². The Balaban J connectivity index is 2.96. The fourth-order valence-electron chi connectivity index (χ4n) is 1.43. The average Bonchev–Trinajstić information content (AvgIpc) is 2.57. The molecule has 0 radical (unpaired) electrons. The molecule has 0 fully saturated rings. The van der Waals surface area contributed by atoms with Gasteiger partial charge in [0.25, 0.3) is 0 Å². The van der Waals surface area contributed by atoms with E-state index in [1.165, 1.54) is 6.92 Å². The van der Waals surface area contributed by atoms with Crippen molar-refractivity contribution in [3.63, 3.8) is 0 Å². The van der Waals surface area contributed by atoms with E-state index in [4.69, 9.17) is 27.9 Å². The second-order valence-corrected chi connectivity index (χ2v) is 4.28. The van der Waals surface area contributed by atoms with Gasteiger partial charge in [-0.1, -0.05) is 23.2 Å². The lowest BCUT2D eigenvalue weighted by atomic mass is 10.2. The van der Waals surface area contributed by atoms with E-state index in [0.29, 0.717) is 6.42 Å². The molecule has 0 aromatic heterocycles. The highest BCUT2D eigenvalue weighted by Crippen LogP contribution is 2.32. The van der Waals surface area contributed by atoms with Crippen LogP contribution in [0.4, 0.5) is 0 Å². The second-order valence-electron chi connectivity index (χ2n) is 3.33. The van der Waals surface area contributed by atoms with Gasteiger partial charge in [-0.3, -0.25) is 4.79 Å². The molecule has 0 N–H and O–H groups in total. The number of carbonyl (C=O) groups excluding carboxylic acids is 1. The Morgan fingerprint density at radius 1 is 1.62 bits per heavy atom. The molecule has 1 rings (SSSR count). The smallest absolute Gasteiger partial charge is 0.303 e. The van der Waals surface area contributed by atoms with Crippen LogP contribution in [0.2, 0.25) is 0 Å². The van der Waals surface area contributed by atoms with Crippen molar-refractivity contribution >= 4 is 29.2 Å². The summed E-state index contributed by atoms with van der Waals surface area (Å²) in [5, 5.41) is 0. The first kappa shape index (κ1) is 13.1. The summed E-state index contributed by atoms with van der Waals surface area (Å²) in [7, 11) is 0. The van der Waals surface area contributed by atoms with E-state index >= 15 is 0 Å². The third kappa shape index (κ3) is 3.57. The molecule has 86 valence electrons. The van der Waals surface area contributed by atoms with Crippen molar-refractivity contribution in [1.29, 1.82) is 0 Å². The minimum atomic E-state index is -0.322. The Morgan fingerprint density at radius 3 is 2.81 bits per heavy atom. The number of halogens is 2. The Morgan fingerprint density at radius 2 is 2.31 bits per heavy atom. The summed E-state index contributed by atoms with van der Waals surface area (Å²) in [5.41, 5.74) is 4.56. The molecule has 0 bridgehead atoms. The number of hydrogen-bond donors (Lipinski definition) is 0. The van der Waals surface area contributed by atoms with Gasteiger partial charge in [-0.15, -0.1) is 5.73 Å². The predicted molar refractivity (Wildman–Crippen MR) is 65.3 cm³/mol. The largest absolute Gasteiger partial charge is 0.457 e. The summed E-state index contributed by atoms with van der Waals surface area (Å²) in [5.74, 6) is -0.322. The van der Waals surface area contributed by atoms with Gasteiger partial charge < -0.3 is 4.74 Å². The molecule has 4 heteroatoms. The summed E-state index contributed by atoms with van der Waals surface area (Å²) in [4.78, 5) is 10.9. The van der Waals surface area contributed by atoms with Crippen LogP contribution in [0, 0.1) is 0 Å². The fraction of sp³-hybridized carbons (Fsp3) is 0.333. The molecule has 0 unspecified atom stereocenters. The molecule has 0 aromatic carbocycles.